The van der Waals surface area contributed by atoms with Gasteiger partial charge in [-0.1, -0.05) is 41.2 Å². The maximum atomic E-state index is 12.8. The number of hydrogen-bond donors (Lipinski definition) is 1. The summed E-state index contributed by atoms with van der Waals surface area (Å²) >= 11 is 2.10. The first-order valence-corrected chi connectivity index (χ1v) is 12.4. The number of amides is 1. The number of nitrogens with zero attached hydrogens (tertiary/aromatic N) is 3. The zero-order valence-electron chi connectivity index (χ0n) is 16.4. The number of aromatic nitrogens is 2. The number of carbonyl (C=O) groups is 1. The quantitative estimate of drug-likeness (QED) is 0.638. The van der Waals surface area contributed by atoms with Crippen molar-refractivity contribution in [2.75, 3.05) is 26.2 Å². The van der Waals surface area contributed by atoms with Crippen molar-refractivity contribution < 1.29 is 13.2 Å². The molecule has 1 amide bonds. The van der Waals surface area contributed by atoms with Gasteiger partial charge in [0.1, 0.15) is 10.7 Å². The Morgan fingerprint density at radius 2 is 1.77 bits per heavy atom. The number of rotatable bonds is 4. The third-order valence-electron chi connectivity index (χ3n) is 4.90. The molecule has 4 rings (SSSR count). The highest BCUT2D eigenvalue weighted by Crippen LogP contribution is 2.26. The maximum absolute atomic E-state index is 12.8. The number of carbonyl (C=O) groups excluding carboxylic acids is 1. The summed E-state index contributed by atoms with van der Waals surface area (Å²) in [6, 6.07) is 7.95. The van der Waals surface area contributed by atoms with E-state index in [2.05, 4.69) is 9.97 Å². The van der Waals surface area contributed by atoms with Crippen molar-refractivity contribution in [1.82, 2.24) is 19.2 Å². The number of benzene rings is 1. The fraction of sp³-hybridized carbons (Fsp3) is 0.316. The SMILES string of the molecule is Cc1ccc(-c2nc(C(=O)N3CCN(S(=O)(=O)c4sc(=O)[nH]c4C)CC3)cs2)cc1. The molecule has 1 saturated heterocycles. The van der Waals surface area contributed by atoms with E-state index in [1.165, 1.54) is 15.6 Å². The number of nitrogens with one attached hydrogen (secondary N) is 1. The third kappa shape index (κ3) is 3.97. The van der Waals surface area contributed by atoms with Gasteiger partial charge in [0.25, 0.3) is 15.9 Å². The first kappa shape index (κ1) is 20.9. The minimum atomic E-state index is -3.75. The van der Waals surface area contributed by atoms with Crippen LogP contribution in [0.25, 0.3) is 10.6 Å². The summed E-state index contributed by atoms with van der Waals surface area (Å²) < 4.78 is 27.0. The van der Waals surface area contributed by atoms with Crippen molar-refractivity contribution in [2.24, 2.45) is 0 Å². The van der Waals surface area contributed by atoms with E-state index in [4.69, 9.17) is 0 Å². The highest BCUT2D eigenvalue weighted by molar-refractivity contribution is 7.91. The van der Waals surface area contributed by atoms with E-state index in [1.54, 1.807) is 17.2 Å². The topological polar surface area (TPSA) is 103 Å². The van der Waals surface area contributed by atoms with Crippen molar-refractivity contribution in [3.05, 3.63) is 56.3 Å². The van der Waals surface area contributed by atoms with Gasteiger partial charge < -0.3 is 9.88 Å². The largest absolute Gasteiger partial charge is 0.335 e. The third-order valence-corrected chi connectivity index (χ3v) is 9.28. The number of aromatic amines is 1. The molecule has 2 aromatic heterocycles. The van der Waals surface area contributed by atoms with E-state index >= 15 is 0 Å². The van der Waals surface area contributed by atoms with Gasteiger partial charge in [-0.2, -0.15) is 4.31 Å². The van der Waals surface area contributed by atoms with Crippen LogP contribution in [0, 0.1) is 13.8 Å². The van der Waals surface area contributed by atoms with Crippen LogP contribution in [0.15, 0.2) is 38.6 Å². The average Bonchev–Trinajstić information content (AvgIpc) is 3.35. The summed E-state index contributed by atoms with van der Waals surface area (Å²) in [4.78, 5) is 32.5. The van der Waals surface area contributed by atoms with Gasteiger partial charge in [-0.3, -0.25) is 9.59 Å². The maximum Gasteiger partial charge on any atom is 0.305 e. The lowest BCUT2D eigenvalue weighted by molar-refractivity contribution is 0.0693. The number of hydrogen-bond acceptors (Lipinski definition) is 7. The van der Waals surface area contributed by atoms with Gasteiger partial charge in [0.15, 0.2) is 4.21 Å². The molecule has 0 bridgehead atoms. The first-order chi connectivity index (χ1) is 14.3. The molecule has 3 aromatic rings. The van der Waals surface area contributed by atoms with Gasteiger partial charge in [0.2, 0.25) is 0 Å². The van der Waals surface area contributed by atoms with Crippen molar-refractivity contribution >= 4 is 38.6 Å². The average molecular weight is 465 g/mol. The molecule has 30 heavy (non-hydrogen) atoms. The van der Waals surface area contributed by atoms with E-state index in [9.17, 15) is 18.0 Å². The zero-order valence-corrected chi connectivity index (χ0v) is 18.9. The van der Waals surface area contributed by atoms with Crippen LogP contribution in [-0.2, 0) is 10.0 Å². The van der Waals surface area contributed by atoms with Crippen LogP contribution in [0.4, 0.5) is 0 Å². The van der Waals surface area contributed by atoms with Crippen molar-refractivity contribution in [3.8, 4) is 10.6 Å². The zero-order chi connectivity index (χ0) is 21.5. The Morgan fingerprint density at radius 1 is 1.10 bits per heavy atom. The highest BCUT2D eigenvalue weighted by atomic mass is 32.2. The molecular formula is C19H20N4O4S3. The van der Waals surface area contributed by atoms with Crippen LogP contribution < -0.4 is 4.87 Å². The van der Waals surface area contributed by atoms with Crippen LogP contribution in [-0.4, -0.2) is 59.7 Å². The Bertz CT molecular complexity index is 1230. The van der Waals surface area contributed by atoms with Gasteiger partial charge in [-0.25, -0.2) is 13.4 Å². The van der Waals surface area contributed by atoms with Crippen molar-refractivity contribution in [2.45, 2.75) is 18.1 Å². The van der Waals surface area contributed by atoms with Crippen LogP contribution in [0.5, 0.6) is 0 Å². The fourth-order valence-corrected chi connectivity index (χ4v) is 6.91. The molecule has 1 fully saturated rings. The van der Waals surface area contributed by atoms with E-state index in [1.807, 2.05) is 31.2 Å². The lowest BCUT2D eigenvalue weighted by Gasteiger charge is -2.33. The lowest BCUT2D eigenvalue weighted by Crippen LogP contribution is -2.50. The van der Waals surface area contributed by atoms with E-state index in [0.717, 1.165) is 16.1 Å². The van der Waals surface area contributed by atoms with E-state index < -0.39 is 14.9 Å². The summed E-state index contributed by atoms with van der Waals surface area (Å²) in [6.07, 6.45) is 0. The number of piperazine rings is 1. The number of H-pyrrole nitrogens is 1. The van der Waals surface area contributed by atoms with Gasteiger partial charge in [0, 0.05) is 42.8 Å². The van der Waals surface area contributed by atoms with Crippen molar-refractivity contribution in [1.29, 1.82) is 0 Å². The number of thiazole rings is 2. The molecular weight excluding hydrogens is 444 g/mol. The Hall–Kier alpha value is -2.34. The number of aryl methyl sites for hydroxylation is 2. The second-order valence-electron chi connectivity index (χ2n) is 7.03. The van der Waals surface area contributed by atoms with Gasteiger partial charge in [-0.15, -0.1) is 11.3 Å². The van der Waals surface area contributed by atoms with Gasteiger partial charge in [-0.05, 0) is 13.8 Å². The molecule has 8 nitrogen and oxygen atoms in total. The lowest BCUT2D eigenvalue weighted by atomic mass is 10.2. The monoisotopic (exact) mass is 464 g/mol. The molecule has 1 N–H and O–H groups in total. The molecule has 0 radical (unpaired) electrons. The van der Waals surface area contributed by atoms with Crippen LogP contribution in [0.3, 0.4) is 0 Å². The summed E-state index contributed by atoms with van der Waals surface area (Å²) in [5.74, 6) is -0.204. The van der Waals surface area contributed by atoms with E-state index in [-0.39, 0.29) is 36.3 Å². The summed E-state index contributed by atoms with van der Waals surface area (Å²) in [5.41, 5.74) is 2.82. The Morgan fingerprint density at radius 3 is 2.37 bits per heavy atom. The summed E-state index contributed by atoms with van der Waals surface area (Å²) in [7, 11) is -3.75. The summed E-state index contributed by atoms with van der Waals surface area (Å²) in [6.45, 7) is 4.47. The predicted molar refractivity (Wildman–Crippen MR) is 117 cm³/mol. The van der Waals surface area contributed by atoms with Crippen LogP contribution in [0.2, 0.25) is 0 Å². The predicted octanol–water partition coefficient (Wildman–Crippen LogP) is 2.32. The molecule has 158 valence electrons. The smallest absolute Gasteiger partial charge is 0.305 e. The van der Waals surface area contributed by atoms with E-state index in [0.29, 0.717) is 22.7 Å². The molecule has 0 unspecified atom stereocenters. The second-order valence-corrected chi connectivity index (χ2v) is 11.0. The molecule has 0 saturated carbocycles. The fourth-order valence-electron chi connectivity index (χ4n) is 3.25. The van der Waals surface area contributed by atoms with Gasteiger partial charge in [0.05, 0.1) is 0 Å². The Kier molecular flexibility index (Phi) is 5.62. The normalized spacial score (nSPS) is 15.5. The standard InChI is InChI=1S/C19H20N4O4S3/c1-12-3-5-14(6-4-12)16-21-15(11-28-16)17(24)22-7-9-23(10-8-22)30(26,27)18-13(2)20-19(25)29-18/h3-6,11H,7-10H2,1-2H3,(H,20,25). The molecule has 3 heterocycles. The second kappa shape index (κ2) is 8.06. The van der Waals surface area contributed by atoms with Crippen LogP contribution in [0.1, 0.15) is 21.7 Å². The van der Waals surface area contributed by atoms with Crippen molar-refractivity contribution in [3.63, 3.8) is 0 Å². The Labute approximate surface area is 181 Å². The Balaban J connectivity index is 1.44. The minimum absolute atomic E-state index is 0.0366. The summed E-state index contributed by atoms with van der Waals surface area (Å²) in [5, 5.41) is 2.51. The first-order valence-electron chi connectivity index (χ1n) is 9.27. The molecule has 1 aliphatic heterocycles. The van der Waals surface area contributed by atoms with Gasteiger partial charge >= 0.3 is 4.87 Å². The molecule has 11 heteroatoms. The number of sulfonamides is 1. The molecule has 0 atom stereocenters. The highest BCUT2D eigenvalue weighted by Gasteiger charge is 2.33. The minimum Gasteiger partial charge on any atom is -0.335 e. The molecule has 0 aliphatic carbocycles. The molecule has 0 spiro atoms. The molecule has 1 aliphatic rings. The van der Waals surface area contributed by atoms with Crippen LogP contribution >= 0.6 is 22.7 Å². The molecule has 1 aromatic carbocycles.